The molecule has 1 aliphatic heterocycles. The minimum absolute atomic E-state index is 0.00315. The van der Waals surface area contributed by atoms with E-state index in [9.17, 15) is 71.0 Å². The lowest BCUT2D eigenvalue weighted by molar-refractivity contribution is -0.155. The van der Waals surface area contributed by atoms with Crippen LogP contribution in [0.3, 0.4) is 0 Å². The number of thioether (sulfide) groups is 1. The van der Waals surface area contributed by atoms with Gasteiger partial charge in [0.05, 0.1) is 19.5 Å². The van der Waals surface area contributed by atoms with Crippen LogP contribution in [-0.2, 0) is 50.7 Å². The second-order valence-corrected chi connectivity index (χ2v) is 17.6. The highest BCUT2D eigenvalue weighted by molar-refractivity contribution is 8.13. The van der Waals surface area contributed by atoms with Gasteiger partial charge in [-0.15, -0.1) is 0 Å². The first-order valence-corrected chi connectivity index (χ1v) is 21.0. The molecule has 1 saturated heterocycles. The van der Waals surface area contributed by atoms with Gasteiger partial charge in [-0.2, -0.15) is 17.5 Å². The fourth-order valence-corrected chi connectivity index (χ4v) is 8.05. The number of phosphoric acid groups is 3. The number of carbonyl (C=O) groups excluding carboxylic acids is 3. The first-order valence-electron chi connectivity index (χ1n) is 15.5. The topological polar surface area (TPSA) is 390 Å². The normalized spacial score (nSPS) is 22.6. The summed E-state index contributed by atoms with van der Waals surface area (Å²) in [5.74, 6) is -2.07. The van der Waals surface area contributed by atoms with Crippen LogP contribution in [0.1, 0.15) is 26.5 Å². The van der Waals surface area contributed by atoms with E-state index in [2.05, 4.69) is 43.5 Å². The molecular formula is C24H38F3N8O17P3S. The number of rotatable bonds is 20. The van der Waals surface area contributed by atoms with Crippen LogP contribution < -0.4 is 22.1 Å². The second-order valence-electron chi connectivity index (χ2n) is 12.3. The van der Waals surface area contributed by atoms with Gasteiger partial charge in [0.15, 0.2) is 23.7 Å². The minimum Gasteiger partial charge on any atom is -0.386 e. The molecule has 0 saturated carbocycles. The van der Waals surface area contributed by atoms with Crippen molar-refractivity contribution in [2.75, 3.05) is 37.8 Å². The van der Waals surface area contributed by atoms with Gasteiger partial charge >= 0.3 is 29.6 Å². The Balaban J connectivity index is 1.49. The van der Waals surface area contributed by atoms with Gasteiger partial charge in [0.25, 0.3) is 0 Å². The lowest BCUT2D eigenvalue weighted by Gasteiger charge is -2.30. The Hall–Kier alpha value is -2.69. The van der Waals surface area contributed by atoms with E-state index in [0.29, 0.717) is 0 Å². The molecule has 318 valence electrons. The Morgan fingerprint density at radius 1 is 1.05 bits per heavy atom. The molecule has 0 radical (unpaired) electrons. The smallest absolute Gasteiger partial charge is 0.386 e. The van der Waals surface area contributed by atoms with Crippen molar-refractivity contribution in [1.29, 1.82) is 0 Å². The maximum atomic E-state index is 12.6. The Bertz CT molecular complexity index is 1870. The summed E-state index contributed by atoms with van der Waals surface area (Å²) < 4.78 is 99.1. The number of nitrogens with one attached hydrogen (secondary N) is 2. The number of aromatic nitrogens is 4. The van der Waals surface area contributed by atoms with Gasteiger partial charge in [0.1, 0.15) is 36.3 Å². The predicted octanol–water partition coefficient (Wildman–Crippen LogP) is -1.45. The molecule has 1 aliphatic rings. The molecule has 0 aromatic carbocycles. The maximum Gasteiger partial charge on any atom is 0.481 e. The number of hydrogen-bond acceptors (Lipinski definition) is 19. The second kappa shape index (κ2) is 18.9. The number of carbonyl (C=O) groups is 3. The number of phosphoric ester groups is 3. The number of halogens is 3. The summed E-state index contributed by atoms with van der Waals surface area (Å²) in [6.07, 6.45) is -12.3. The van der Waals surface area contributed by atoms with Crippen molar-refractivity contribution in [3.8, 4) is 0 Å². The first kappa shape index (κ1) is 47.7. The number of nitrogens with zero attached hydrogens (tertiary/aromatic N) is 4. The molecule has 3 heterocycles. The molecule has 2 aromatic heterocycles. The van der Waals surface area contributed by atoms with E-state index < -0.39 is 102 Å². The number of alkyl halides is 3. The number of imidazole rings is 1. The van der Waals surface area contributed by atoms with Crippen LogP contribution in [0.5, 0.6) is 0 Å². The maximum absolute atomic E-state index is 12.6. The summed E-state index contributed by atoms with van der Waals surface area (Å²) in [7, 11) is -16.5. The first-order chi connectivity index (χ1) is 25.6. The lowest BCUT2D eigenvalue weighted by atomic mass is 9.87. The quantitative estimate of drug-likeness (QED) is 0.0537. The van der Waals surface area contributed by atoms with E-state index in [0.717, 1.165) is 17.2 Å². The molecule has 32 heteroatoms. The summed E-state index contributed by atoms with van der Waals surface area (Å²) >= 11 is 0.260. The molecule has 56 heavy (non-hydrogen) atoms. The number of fused-ring (bicyclic) bond motifs is 1. The minimum atomic E-state index is -5.62. The molecule has 8 atom stereocenters. The molecule has 12 N–H and O–H groups in total. The van der Waals surface area contributed by atoms with Crippen molar-refractivity contribution >= 4 is 69.1 Å². The number of amides is 2. The highest BCUT2D eigenvalue weighted by atomic mass is 32.2. The van der Waals surface area contributed by atoms with Crippen LogP contribution in [0.25, 0.3) is 11.2 Å². The van der Waals surface area contributed by atoms with E-state index in [1.807, 2.05) is 0 Å². The van der Waals surface area contributed by atoms with Crippen LogP contribution in [0.2, 0.25) is 0 Å². The number of ether oxygens (including phenoxy) is 1. The standard InChI is InChI=1S/C24H38F3N8O17P3S/c1-23(2,17(38)20(39)31-4-3-12(36)30-5-6-56-22(40)16(28)24(25,26)27)8-49-55(46,47)52-54(44,45)48-7-11-15(51-53(41,42)43)14(37)21(50-11)35-10-34-13-18(29)32-9-33-19(13)35/h9-11,14-17,21,37-38H,3-8,28H2,1-2H3,(H,30,36)(H,31,39)(H,44,45)(H,46,47)(H2,29,32,33)(H2,41,42,43). The van der Waals surface area contributed by atoms with Crippen LogP contribution in [0.15, 0.2) is 12.7 Å². The van der Waals surface area contributed by atoms with Gasteiger partial charge in [0, 0.05) is 30.7 Å². The lowest BCUT2D eigenvalue weighted by Crippen LogP contribution is -2.46. The van der Waals surface area contributed by atoms with E-state index in [-0.39, 0.29) is 54.0 Å². The third kappa shape index (κ3) is 13.7. The summed E-state index contributed by atoms with van der Waals surface area (Å²) in [6.45, 7) is -0.363. The van der Waals surface area contributed by atoms with Gasteiger partial charge in [-0.25, -0.2) is 28.6 Å². The number of nitrogens with two attached hydrogens (primary N) is 2. The fourth-order valence-electron chi connectivity index (χ4n) is 4.51. The molecule has 0 bridgehead atoms. The molecule has 2 amide bonds. The number of aliphatic hydroxyl groups excluding tert-OH is 2. The van der Waals surface area contributed by atoms with Crippen molar-refractivity contribution in [1.82, 2.24) is 30.2 Å². The predicted molar refractivity (Wildman–Crippen MR) is 181 cm³/mol. The SMILES string of the molecule is CC(C)(COP(=O)(O)OP(=O)(O)OCC1OC(n2cnc3c(N)ncnc32)C(O)C1OP(=O)(O)O)C(O)C(=O)NCCC(=O)NCCSC(=O)C(N)C(F)(F)F. The number of anilines is 1. The molecule has 3 rings (SSSR count). The third-order valence-corrected chi connectivity index (χ3v) is 11.4. The van der Waals surface area contributed by atoms with Gasteiger partial charge in [-0.05, 0) is 0 Å². The largest absolute Gasteiger partial charge is 0.481 e. The summed E-state index contributed by atoms with van der Waals surface area (Å²) in [6, 6.07) is -2.68. The van der Waals surface area contributed by atoms with Crippen LogP contribution in [0, 0.1) is 5.41 Å². The van der Waals surface area contributed by atoms with E-state index in [4.69, 9.17) is 16.2 Å². The van der Waals surface area contributed by atoms with Crippen molar-refractivity contribution in [2.24, 2.45) is 11.1 Å². The molecule has 0 aliphatic carbocycles. The summed E-state index contributed by atoms with van der Waals surface area (Å²) in [5.41, 5.74) is 8.88. The van der Waals surface area contributed by atoms with Gasteiger partial charge in [-0.1, -0.05) is 25.6 Å². The highest BCUT2D eigenvalue weighted by Gasteiger charge is 2.50. The zero-order valence-corrected chi connectivity index (χ0v) is 32.4. The summed E-state index contributed by atoms with van der Waals surface area (Å²) in [5, 5.41) is 24.5. The van der Waals surface area contributed by atoms with Gasteiger partial charge in [-0.3, -0.25) is 32.5 Å². The highest BCUT2D eigenvalue weighted by Crippen LogP contribution is 2.61. The number of aliphatic hydroxyl groups is 2. The van der Waals surface area contributed by atoms with Crippen LogP contribution in [0.4, 0.5) is 19.0 Å². The Morgan fingerprint density at radius 2 is 1.70 bits per heavy atom. The Morgan fingerprint density at radius 3 is 2.32 bits per heavy atom. The number of hydrogen-bond donors (Lipinski definition) is 10. The Kier molecular flexibility index (Phi) is 16.1. The molecule has 25 nitrogen and oxygen atoms in total. The molecule has 1 fully saturated rings. The van der Waals surface area contributed by atoms with Crippen molar-refractivity contribution in [2.45, 2.75) is 63.1 Å². The molecular weight excluding hydrogens is 854 g/mol. The third-order valence-electron chi connectivity index (χ3n) is 7.35. The van der Waals surface area contributed by atoms with Gasteiger partial charge < -0.3 is 56.6 Å². The molecule has 0 spiro atoms. The van der Waals surface area contributed by atoms with Crippen molar-refractivity contribution in [3.05, 3.63) is 12.7 Å². The average Bonchev–Trinajstić information content (AvgIpc) is 3.63. The van der Waals surface area contributed by atoms with E-state index in [1.54, 1.807) is 0 Å². The van der Waals surface area contributed by atoms with Crippen molar-refractivity contribution < 1.29 is 93.7 Å². The monoisotopic (exact) mass is 892 g/mol. The van der Waals surface area contributed by atoms with Crippen LogP contribution >= 0.6 is 35.2 Å². The zero-order chi connectivity index (χ0) is 42.4. The van der Waals surface area contributed by atoms with Gasteiger partial charge in [0.2, 0.25) is 16.9 Å². The average molecular weight is 893 g/mol. The fraction of sp³-hybridized carbons (Fsp3) is 0.667. The Labute approximate surface area is 317 Å². The molecule has 2 aromatic rings. The van der Waals surface area contributed by atoms with Crippen LogP contribution in [-0.4, -0.2) is 135 Å². The molecule has 8 unspecified atom stereocenters. The zero-order valence-electron chi connectivity index (χ0n) is 28.9. The van der Waals surface area contributed by atoms with Crippen molar-refractivity contribution in [3.63, 3.8) is 0 Å². The number of nitrogen functional groups attached to an aromatic ring is 1. The van der Waals surface area contributed by atoms with E-state index in [1.165, 1.54) is 13.8 Å². The summed E-state index contributed by atoms with van der Waals surface area (Å²) in [4.78, 5) is 86.5. The van der Waals surface area contributed by atoms with E-state index >= 15 is 0 Å².